The third-order valence-corrected chi connectivity index (χ3v) is 0. The molecule has 0 nitrogen and oxygen atoms in total. The molecule has 0 atom stereocenters. The summed E-state index contributed by atoms with van der Waals surface area (Å²) in [4.78, 5) is 0. The standard InChI is InChI=1S/Bi.Mo.2S.3H. The third-order valence-electron chi connectivity index (χ3n) is 0. The molecule has 0 saturated heterocycles. The number of hydrogen-bond acceptors (Lipinski definition) is 2. The van der Waals surface area contributed by atoms with Gasteiger partial charge in [0.25, 0.3) is 0 Å². The molecule has 0 aliphatic heterocycles. The van der Waals surface area contributed by atoms with Gasteiger partial charge in [0.2, 0.25) is 0 Å². The predicted octanol–water partition coefficient (Wildman–Crippen LogP) is 0.110. The van der Waals surface area contributed by atoms with Crippen molar-refractivity contribution in [2.45, 2.75) is 0 Å². The van der Waals surface area contributed by atoms with Gasteiger partial charge in [-0.15, -0.1) is 0 Å². The Morgan fingerprint density at radius 3 is 1.25 bits per heavy atom. The van der Waals surface area contributed by atoms with Crippen molar-refractivity contribution in [3.05, 3.63) is 0 Å². The zero-order valence-electron chi connectivity index (χ0n) is 1.93. The topological polar surface area (TPSA) is 0 Å². The number of hydrogen-bond donors (Lipinski definition) is 0. The van der Waals surface area contributed by atoms with Crippen LogP contribution in [-0.2, 0) is 14.9 Å². The van der Waals surface area contributed by atoms with Gasteiger partial charge in [0.15, 0.2) is 0 Å². The second kappa shape index (κ2) is 8.89. The summed E-state index contributed by atoms with van der Waals surface area (Å²) in [5, 5.41) is 0. The molecular formula is H3BiMoS2. The molecule has 4 heavy (non-hydrogen) atoms. The SMILES string of the molecule is [BiH3].[S]=[Mo]=[S]. The van der Waals surface area contributed by atoms with Crippen molar-refractivity contribution >= 4 is 45.8 Å². The fourth-order valence-electron chi connectivity index (χ4n) is 0. The van der Waals surface area contributed by atoms with Gasteiger partial charge < -0.3 is 0 Å². The van der Waals surface area contributed by atoms with E-state index in [0.717, 1.165) is 0 Å². The van der Waals surface area contributed by atoms with Gasteiger partial charge in [0.05, 0.1) is 0 Å². The Bertz CT molecular complexity index is 27.0. The minimum absolute atomic E-state index is 0. The summed E-state index contributed by atoms with van der Waals surface area (Å²) in [5.74, 6) is 0. The zero-order valence-corrected chi connectivity index (χ0v) is 11.1. The van der Waals surface area contributed by atoms with E-state index < -0.39 is 0 Å². The molecule has 26 valence electrons. The van der Waals surface area contributed by atoms with Crippen LogP contribution in [0.5, 0.6) is 0 Å². The van der Waals surface area contributed by atoms with E-state index in [0.29, 0.717) is 0 Å². The molecule has 0 amide bonds. The molecule has 0 radical (unpaired) electrons. The van der Waals surface area contributed by atoms with Gasteiger partial charge in [0.1, 0.15) is 0 Å². The fourth-order valence-corrected chi connectivity index (χ4v) is 0. The van der Waals surface area contributed by atoms with Crippen molar-refractivity contribution < 1.29 is 14.9 Å². The first-order valence-electron chi connectivity index (χ1n) is 0.333. The Balaban J connectivity index is 0. The van der Waals surface area contributed by atoms with Crippen LogP contribution in [0, 0.1) is 0 Å². The molecule has 0 N–H and O–H groups in total. The van der Waals surface area contributed by atoms with E-state index in [1.165, 1.54) is 0 Å². The van der Waals surface area contributed by atoms with Crippen molar-refractivity contribution in [3.8, 4) is 0 Å². The predicted molar refractivity (Wildman–Crippen MR) is 25.1 cm³/mol. The Morgan fingerprint density at radius 1 is 1.25 bits per heavy atom. The average Bonchev–Trinajstić information content (AvgIpc) is 0.918. The van der Waals surface area contributed by atoms with Crippen molar-refractivity contribution in [3.63, 3.8) is 0 Å². The van der Waals surface area contributed by atoms with E-state index in [9.17, 15) is 0 Å². The fraction of sp³-hybridized carbons (Fsp3) is 0. The second-order valence-electron chi connectivity index (χ2n) is 0.0680. The van der Waals surface area contributed by atoms with Crippen molar-refractivity contribution in [2.24, 2.45) is 0 Å². The van der Waals surface area contributed by atoms with E-state index in [4.69, 9.17) is 0 Å². The third kappa shape index (κ3) is 8.99. The van der Waals surface area contributed by atoms with Gasteiger partial charge in [-0.2, -0.15) is 0 Å². The van der Waals surface area contributed by atoms with Crippen molar-refractivity contribution in [1.82, 2.24) is 0 Å². The van der Waals surface area contributed by atoms with Gasteiger partial charge in [-0.05, 0) is 0 Å². The van der Waals surface area contributed by atoms with Gasteiger partial charge >= 0.3 is 60.8 Å². The van der Waals surface area contributed by atoms with Gasteiger partial charge in [-0.1, -0.05) is 0 Å². The summed E-state index contributed by atoms with van der Waals surface area (Å²) >= 11 is -0.363. The Kier molecular flexibility index (Phi) is 20.9. The van der Waals surface area contributed by atoms with E-state index >= 15 is 0 Å². The van der Waals surface area contributed by atoms with Crippen molar-refractivity contribution in [1.29, 1.82) is 0 Å². The van der Waals surface area contributed by atoms with E-state index in [2.05, 4.69) is 19.6 Å². The van der Waals surface area contributed by atoms with Gasteiger partial charge in [-0.3, -0.25) is 0 Å². The molecule has 0 aromatic rings. The first-order valence-corrected chi connectivity index (χ1v) is 5.92. The van der Waals surface area contributed by atoms with Crippen LogP contribution in [0.3, 0.4) is 0 Å². The van der Waals surface area contributed by atoms with Crippen LogP contribution in [0.1, 0.15) is 0 Å². The van der Waals surface area contributed by atoms with E-state index in [-0.39, 0.29) is 41.1 Å². The van der Waals surface area contributed by atoms with Crippen LogP contribution in [-0.4, -0.2) is 26.2 Å². The van der Waals surface area contributed by atoms with Crippen LogP contribution >= 0.6 is 19.6 Å². The Hall–Kier alpha value is 2.01. The molecule has 0 fully saturated rings. The normalized spacial score (nSPS) is 3.00. The summed E-state index contributed by atoms with van der Waals surface area (Å²) < 4.78 is 0. The maximum atomic E-state index is 4.34. The quantitative estimate of drug-likeness (QED) is 0.554. The van der Waals surface area contributed by atoms with Crippen LogP contribution in [0.4, 0.5) is 0 Å². The van der Waals surface area contributed by atoms with Crippen molar-refractivity contribution in [2.75, 3.05) is 0 Å². The summed E-state index contributed by atoms with van der Waals surface area (Å²) in [6.07, 6.45) is 0. The summed E-state index contributed by atoms with van der Waals surface area (Å²) in [7, 11) is 8.68. The first kappa shape index (κ1) is 9.38. The van der Waals surface area contributed by atoms with Crippen LogP contribution < -0.4 is 0 Å². The minimum atomic E-state index is -0.363. The zero-order chi connectivity index (χ0) is 2.71. The van der Waals surface area contributed by atoms with Crippen LogP contribution in [0.15, 0.2) is 0 Å². The molecule has 0 aliphatic rings. The van der Waals surface area contributed by atoms with Gasteiger partial charge in [0, 0.05) is 0 Å². The molecule has 0 unspecified atom stereocenters. The number of rotatable bonds is 0. The second-order valence-corrected chi connectivity index (χ2v) is 3.62. The molecule has 0 heterocycles. The first-order chi connectivity index (χ1) is 1.41. The molecule has 0 saturated carbocycles. The molecule has 0 rings (SSSR count). The average molecular weight is 372 g/mol. The summed E-state index contributed by atoms with van der Waals surface area (Å²) in [6.45, 7) is 0. The van der Waals surface area contributed by atoms with Crippen LogP contribution in [0.25, 0.3) is 0 Å². The van der Waals surface area contributed by atoms with Crippen LogP contribution in [0.2, 0.25) is 0 Å². The summed E-state index contributed by atoms with van der Waals surface area (Å²) in [5.41, 5.74) is 0. The Morgan fingerprint density at radius 2 is 1.25 bits per heavy atom. The maximum absolute atomic E-state index is 4.34. The van der Waals surface area contributed by atoms with Gasteiger partial charge in [-0.25, -0.2) is 0 Å². The molecule has 0 spiro atoms. The monoisotopic (exact) mass is 374 g/mol. The van der Waals surface area contributed by atoms with E-state index in [1.807, 2.05) is 0 Å². The molecule has 0 aliphatic carbocycles. The van der Waals surface area contributed by atoms with E-state index in [1.54, 1.807) is 0 Å². The molecule has 0 bridgehead atoms. The molecule has 0 aromatic heterocycles. The molecule has 0 aromatic carbocycles. The molecule has 4 heteroatoms. The Labute approximate surface area is 59.9 Å². The summed E-state index contributed by atoms with van der Waals surface area (Å²) in [6, 6.07) is 0. The molecular weight excluding hydrogens is 369 g/mol.